The number of hydrogen-bond donors (Lipinski definition) is 3. The van der Waals surface area contributed by atoms with Crippen LogP contribution in [-0.2, 0) is 4.74 Å². The first-order chi connectivity index (χ1) is 7.08. The monoisotopic (exact) mass is 213 g/mol. The molecule has 15 heavy (non-hydrogen) atoms. The second kappa shape index (κ2) is 5.49. The predicted molar refractivity (Wildman–Crippen MR) is 62.0 cm³/mol. The summed E-state index contributed by atoms with van der Waals surface area (Å²) in [6.07, 6.45) is 1.34. The molecular weight excluding hydrogens is 190 g/mol. The van der Waals surface area contributed by atoms with E-state index < -0.39 is 0 Å². The molecule has 1 heterocycles. The topological polar surface area (TPSA) is 59.3 Å². The summed E-state index contributed by atoms with van der Waals surface area (Å²) in [5, 5.41) is 6.45. The van der Waals surface area contributed by atoms with Gasteiger partial charge in [-0.05, 0) is 32.7 Å². The maximum atomic E-state index is 5.88. The first-order valence-corrected chi connectivity index (χ1v) is 5.65. The fourth-order valence-corrected chi connectivity index (χ4v) is 1.86. The van der Waals surface area contributed by atoms with Crippen molar-refractivity contribution in [3.05, 3.63) is 12.3 Å². The molecule has 0 aromatic carbocycles. The molecule has 1 saturated heterocycles. The van der Waals surface area contributed by atoms with Crippen molar-refractivity contribution in [2.45, 2.75) is 45.7 Å². The van der Waals surface area contributed by atoms with Crippen molar-refractivity contribution in [1.82, 2.24) is 10.6 Å². The molecule has 3 unspecified atom stereocenters. The molecular formula is C11H23N3O. The molecule has 0 bridgehead atoms. The summed E-state index contributed by atoms with van der Waals surface area (Å²) in [6, 6.07) is 0. The van der Waals surface area contributed by atoms with E-state index in [4.69, 9.17) is 10.5 Å². The lowest BCUT2D eigenvalue weighted by Gasteiger charge is -2.25. The van der Waals surface area contributed by atoms with Crippen LogP contribution in [-0.4, -0.2) is 25.0 Å². The van der Waals surface area contributed by atoms with Gasteiger partial charge in [-0.15, -0.1) is 0 Å². The lowest BCUT2D eigenvalue weighted by atomic mass is 10.0. The SMILES string of the molecule is C=C1N[C@H](C)NC1OC(C)C(CC)CN. The van der Waals surface area contributed by atoms with Crippen LogP contribution in [0.3, 0.4) is 0 Å². The third-order valence-electron chi connectivity index (χ3n) is 2.96. The Balaban J connectivity index is 2.43. The fourth-order valence-electron chi connectivity index (χ4n) is 1.86. The normalized spacial score (nSPS) is 30.0. The summed E-state index contributed by atoms with van der Waals surface area (Å²) in [6.45, 7) is 10.8. The first-order valence-electron chi connectivity index (χ1n) is 5.65. The van der Waals surface area contributed by atoms with Crippen LogP contribution in [0.25, 0.3) is 0 Å². The van der Waals surface area contributed by atoms with E-state index >= 15 is 0 Å². The van der Waals surface area contributed by atoms with Crippen molar-refractivity contribution < 1.29 is 4.74 Å². The van der Waals surface area contributed by atoms with Gasteiger partial charge in [0.15, 0.2) is 0 Å². The van der Waals surface area contributed by atoms with Crippen molar-refractivity contribution in [1.29, 1.82) is 0 Å². The van der Waals surface area contributed by atoms with E-state index in [1.807, 2.05) is 6.92 Å². The zero-order valence-corrected chi connectivity index (χ0v) is 9.92. The zero-order valence-electron chi connectivity index (χ0n) is 9.92. The van der Waals surface area contributed by atoms with Crippen LogP contribution in [0.2, 0.25) is 0 Å². The largest absolute Gasteiger partial charge is 0.371 e. The molecule has 4 nitrogen and oxygen atoms in total. The molecule has 0 aromatic rings. The Bertz CT molecular complexity index is 216. The molecule has 0 aliphatic carbocycles. The average molecular weight is 213 g/mol. The van der Waals surface area contributed by atoms with Gasteiger partial charge in [-0.25, -0.2) is 0 Å². The highest BCUT2D eigenvalue weighted by molar-refractivity contribution is 5.06. The first kappa shape index (κ1) is 12.5. The maximum Gasteiger partial charge on any atom is 0.150 e. The second-order valence-electron chi connectivity index (χ2n) is 4.18. The van der Waals surface area contributed by atoms with Gasteiger partial charge in [0.2, 0.25) is 0 Å². The molecule has 4 N–H and O–H groups in total. The number of nitrogens with two attached hydrogens (primary N) is 1. The molecule has 1 aliphatic rings. The minimum absolute atomic E-state index is 0.0874. The molecule has 0 radical (unpaired) electrons. The van der Waals surface area contributed by atoms with Crippen LogP contribution in [0, 0.1) is 5.92 Å². The van der Waals surface area contributed by atoms with Gasteiger partial charge in [0.25, 0.3) is 0 Å². The van der Waals surface area contributed by atoms with Crippen molar-refractivity contribution in [2.24, 2.45) is 11.7 Å². The Morgan fingerprint density at radius 1 is 1.60 bits per heavy atom. The van der Waals surface area contributed by atoms with Crippen LogP contribution in [0.1, 0.15) is 27.2 Å². The Morgan fingerprint density at radius 2 is 2.27 bits per heavy atom. The Kier molecular flexibility index (Phi) is 4.57. The van der Waals surface area contributed by atoms with Crippen LogP contribution in [0.5, 0.6) is 0 Å². The van der Waals surface area contributed by atoms with Crippen LogP contribution < -0.4 is 16.4 Å². The summed E-state index contributed by atoms with van der Waals surface area (Å²) < 4.78 is 5.88. The molecule has 88 valence electrons. The second-order valence-corrected chi connectivity index (χ2v) is 4.18. The number of rotatable bonds is 5. The summed E-state index contributed by atoms with van der Waals surface area (Å²) in [7, 11) is 0. The summed E-state index contributed by atoms with van der Waals surface area (Å²) in [4.78, 5) is 0. The lowest BCUT2D eigenvalue weighted by molar-refractivity contribution is -0.0233. The highest BCUT2D eigenvalue weighted by Crippen LogP contribution is 2.16. The highest BCUT2D eigenvalue weighted by Gasteiger charge is 2.27. The van der Waals surface area contributed by atoms with Gasteiger partial charge in [0.1, 0.15) is 6.23 Å². The van der Waals surface area contributed by atoms with Crippen molar-refractivity contribution in [2.75, 3.05) is 6.54 Å². The lowest BCUT2D eigenvalue weighted by Crippen LogP contribution is -2.37. The van der Waals surface area contributed by atoms with Crippen LogP contribution in [0.15, 0.2) is 12.3 Å². The molecule has 0 aromatic heterocycles. The van der Waals surface area contributed by atoms with Crippen LogP contribution in [0.4, 0.5) is 0 Å². The summed E-state index contributed by atoms with van der Waals surface area (Å²) in [5.41, 5.74) is 6.59. The molecule has 4 atom stereocenters. The Morgan fingerprint density at radius 3 is 2.67 bits per heavy atom. The Labute approximate surface area is 92.2 Å². The summed E-state index contributed by atoms with van der Waals surface area (Å²) >= 11 is 0. The van der Waals surface area contributed by atoms with Crippen LogP contribution >= 0.6 is 0 Å². The Hall–Kier alpha value is -0.580. The maximum absolute atomic E-state index is 5.88. The molecule has 4 heteroatoms. The van der Waals surface area contributed by atoms with E-state index in [0.717, 1.165) is 12.1 Å². The van der Waals surface area contributed by atoms with E-state index in [2.05, 4.69) is 31.1 Å². The number of ether oxygens (including phenoxy) is 1. The fraction of sp³-hybridized carbons (Fsp3) is 0.818. The predicted octanol–water partition coefficient (Wildman–Crippen LogP) is 0.755. The standard InChI is InChI=1S/C11H23N3O/c1-5-10(6-12)8(3)15-11-7(2)13-9(4)14-11/h8-11,13-14H,2,5-6,12H2,1,3-4H3/t8?,9-,10?,11?/m0/s1. The third kappa shape index (κ3) is 3.19. The average Bonchev–Trinajstić information content (AvgIpc) is 2.47. The van der Waals surface area contributed by atoms with E-state index in [9.17, 15) is 0 Å². The van der Waals surface area contributed by atoms with E-state index in [1.54, 1.807) is 0 Å². The molecule has 0 amide bonds. The van der Waals surface area contributed by atoms with Crippen molar-refractivity contribution >= 4 is 0 Å². The van der Waals surface area contributed by atoms with Gasteiger partial charge in [-0.1, -0.05) is 13.5 Å². The number of hydrogen-bond acceptors (Lipinski definition) is 4. The molecule has 1 fully saturated rings. The molecule has 0 spiro atoms. The van der Waals surface area contributed by atoms with Gasteiger partial charge in [0, 0.05) is 5.70 Å². The van der Waals surface area contributed by atoms with Crippen molar-refractivity contribution in [3.8, 4) is 0 Å². The summed E-state index contributed by atoms with van der Waals surface area (Å²) in [5.74, 6) is 0.413. The van der Waals surface area contributed by atoms with Crippen molar-refractivity contribution in [3.63, 3.8) is 0 Å². The van der Waals surface area contributed by atoms with Gasteiger partial charge in [-0.3, -0.25) is 5.32 Å². The van der Waals surface area contributed by atoms with Gasteiger partial charge >= 0.3 is 0 Å². The highest BCUT2D eigenvalue weighted by atomic mass is 16.5. The number of nitrogens with one attached hydrogen (secondary N) is 2. The molecule has 1 aliphatic heterocycles. The molecule has 0 saturated carbocycles. The van der Waals surface area contributed by atoms with Gasteiger partial charge in [0.05, 0.1) is 12.3 Å². The van der Waals surface area contributed by atoms with E-state index in [1.165, 1.54) is 0 Å². The quantitative estimate of drug-likeness (QED) is 0.631. The minimum atomic E-state index is -0.0874. The van der Waals surface area contributed by atoms with Gasteiger partial charge in [-0.2, -0.15) is 0 Å². The smallest absolute Gasteiger partial charge is 0.150 e. The molecule has 1 rings (SSSR count). The van der Waals surface area contributed by atoms with E-state index in [0.29, 0.717) is 12.5 Å². The van der Waals surface area contributed by atoms with E-state index in [-0.39, 0.29) is 18.5 Å². The third-order valence-corrected chi connectivity index (χ3v) is 2.96. The minimum Gasteiger partial charge on any atom is -0.371 e. The zero-order chi connectivity index (χ0) is 11.4. The van der Waals surface area contributed by atoms with Gasteiger partial charge < -0.3 is 15.8 Å².